The van der Waals surface area contributed by atoms with E-state index in [1.165, 1.54) is 19.3 Å². The molecule has 0 aromatic carbocycles. The molecule has 0 aromatic rings. The summed E-state index contributed by atoms with van der Waals surface area (Å²) in [6, 6.07) is -0.339. The summed E-state index contributed by atoms with van der Waals surface area (Å²) in [5.41, 5.74) is 5.63. The standard InChI is InChI=1S/C12H26N2O/c1-4-7-8-10(5-2)9-14-12(15)11(13)6-3/h10-11H,4-9,13H2,1-3H3,(H,14,15). The fraction of sp³-hybridized carbons (Fsp3) is 0.917. The summed E-state index contributed by atoms with van der Waals surface area (Å²) in [4.78, 5) is 11.4. The monoisotopic (exact) mass is 214 g/mol. The van der Waals surface area contributed by atoms with E-state index in [9.17, 15) is 4.79 Å². The smallest absolute Gasteiger partial charge is 0.236 e. The number of nitrogens with one attached hydrogen (secondary N) is 1. The predicted molar refractivity (Wildman–Crippen MR) is 64.6 cm³/mol. The number of hydrogen-bond donors (Lipinski definition) is 2. The van der Waals surface area contributed by atoms with Gasteiger partial charge in [-0.3, -0.25) is 4.79 Å². The van der Waals surface area contributed by atoms with Gasteiger partial charge in [-0.05, 0) is 18.8 Å². The van der Waals surface area contributed by atoms with Crippen molar-refractivity contribution in [1.29, 1.82) is 0 Å². The highest BCUT2D eigenvalue weighted by Crippen LogP contribution is 2.11. The van der Waals surface area contributed by atoms with E-state index in [0.29, 0.717) is 12.3 Å². The minimum absolute atomic E-state index is 0.00699. The maximum atomic E-state index is 11.4. The summed E-state index contributed by atoms with van der Waals surface area (Å²) in [5.74, 6) is 0.602. The summed E-state index contributed by atoms with van der Waals surface area (Å²) in [5, 5.41) is 2.93. The summed E-state index contributed by atoms with van der Waals surface area (Å²) >= 11 is 0. The zero-order valence-electron chi connectivity index (χ0n) is 10.4. The Hall–Kier alpha value is -0.570. The van der Waals surface area contributed by atoms with Gasteiger partial charge in [-0.1, -0.05) is 40.0 Å². The first-order valence-electron chi connectivity index (χ1n) is 6.18. The van der Waals surface area contributed by atoms with E-state index in [4.69, 9.17) is 5.73 Å². The Balaban J connectivity index is 3.74. The fourth-order valence-electron chi connectivity index (χ4n) is 1.50. The maximum absolute atomic E-state index is 11.4. The Labute approximate surface area is 93.8 Å². The number of rotatable bonds is 8. The van der Waals surface area contributed by atoms with Crippen molar-refractivity contribution in [3.05, 3.63) is 0 Å². The summed E-state index contributed by atoms with van der Waals surface area (Å²) < 4.78 is 0. The molecule has 90 valence electrons. The molecule has 0 rings (SSSR count). The van der Waals surface area contributed by atoms with Crippen LogP contribution in [0.3, 0.4) is 0 Å². The summed E-state index contributed by atoms with van der Waals surface area (Å²) in [6.45, 7) is 7.08. The molecule has 1 amide bonds. The van der Waals surface area contributed by atoms with Gasteiger partial charge < -0.3 is 11.1 Å². The number of unbranched alkanes of at least 4 members (excludes halogenated alkanes) is 1. The van der Waals surface area contributed by atoms with E-state index in [1.807, 2.05) is 6.92 Å². The van der Waals surface area contributed by atoms with Crippen molar-refractivity contribution in [3.63, 3.8) is 0 Å². The molecule has 0 saturated heterocycles. The molecule has 0 aliphatic rings. The highest BCUT2D eigenvalue weighted by Gasteiger charge is 2.12. The number of carbonyl (C=O) groups is 1. The van der Waals surface area contributed by atoms with Crippen LogP contribution in [0.4, 0.5) is 0 Å². The molecule has 0 spiro atoms. The van der Waals surface area contributed by atoms with Crippen LogP contribution >= 0.6 is 0 Å². The van der Waals surface area contributed by atoms with Crippen LogP contribution in [-0.2, 0) is 4.79 Å². The first kappa shape index (κ1) is 14.4. The maximum Gasteiger partial charge on any atom is 0.236 e. The van der Waals surface area contributed by atoms with Gasteiger partial charge in [0.2, 0.25) is 5.91 Å². The molecule has 3 N–H and O–H groups in total. The van der Waals surface area contributed by atoms with Crippen LogP contribution in [-0.4, -0.2) is 18.5 Å². The molecule has 0 aliphatic heterocycles. The van der Waals surface area contributed by atoms with Crippen molar-refractivity contribution in [2.24, 2.45) is 11.7 Å². The van der Waals surface area contributed by atoms with Crippen molar-refractivity contribution in [1.82, 2.24) is 5.32 Å². The van der Waals surface area contributed by atoms with Crippen LogP contribution in [0, 0.1) is 5.92 Å². The van der Waals surface area contributed by atoms with Gasteiger partial charge in [0.25, 0.3) is 0 Å². The number of amides is 1. The van der Waals surface area contributed by atoms with Gasteiger partial charge in [-0.2, -0.15) is 0 Å². The molecular weight excluding hydrogens is 188 g/mol. The van der Waals surface area contributed by atoms with Crippen molar-refractivity contribution >= 4 is 5.91 Å². The predicted octanol–water partition coefficient (Wildman–Crippen LogP) is 2.06. The lowest BCUT2D eigenvalue weighted by molar-refractivity contribution is -0.122. The number of hydrogen-bond acceptors (Lipinski definition) is 2. The first-order valence-corrected chi connectivity index (χ1v) is 6.18. The van der Waals surface area contributed by atoms with Crippen LogP contribution in [0.2, 0.25) is 0 Å². The van der Waals surface area contributed by atoms with Gasteiger partial charge in [0.15, 0.2) is 0 Å². The van der Waals surface area contributed by atoms with Gasteiger partial charge in [-0.25, -0.2) is 0 Å². The average Bonchev–Trinajstić information content (AvgIpc) is 2.27. The van der Waals surface area contributed by atoms with Crippen molar-refractivity contribution < 1.29 is 4.79 Å². The third-order valence-electron chi connectivity index (χ3n) is 2.88. The fourth-order valence-corrected chi connectivity index (χ4v) is 1.50. The van der Waals surface area contributed by atoms with Crippen LogP contribution in [0.1, 0.15) is 52.9 Å². The topological polar surface area (TPSA) is 55.1 Å². The Kier molecular flexibility index (Phi) is 8.38. The largest absolute Gasteiger partial charge is 0.354 e. The third-order valence-corrected chi connectivity index (χ3v) is 2.88. The van der Waals surface area contributed by atoms with E-state index in [0.717, 1.165) is 13.0 Å². The quantitative estimate of drug-likeness (QED) is 0.650. The van der Waals surface area contributed by atoms with Gasteiger partial charge in [0.1, 0.15) is 0 Å². The van der Waals surface area contributed by atoms with E-state index in [2.05, 4.69) is 19.2 Å². The average molecular weight is 214 g/mol. The van der Waals surface area contributed by atoms with Gasteiger partial charge in [0.05, 0.1) is 6.04 Å². The molecule has 0 aromatic heterocycles. The highest BCUT2D eigenvalue weighted by molar-refractivity contribution is 5.81. The molecule has 0 saturated carbocycles. The van der Waals surface area contributed by atoms with E-state index < -0.39 is 0 Å². The minimum atomic E-state index is -0.339. The third kappa shape index (κ3) is 6.50. The van der Waals surface area contributed by atoms with Crippen molar-refractivity contribution in [2.45, 2.75) is 58.9 Å². The molecule has 0 aliphatic carbocycles. The summed E-state index contributed by atoms with van der Waals surface area (Å²) in [7, 11) is 0. The van der Waals surface area contributed by atoms with Gasteiger partial charge in [0, 0.05) is 6.54 Å². The Morgan fingerprint density at radius 1 is 1.27 bits per heavy atom. The van der Waals surface area contributed by atoms with Crippen LogP contribution in [0.25, 0.3) is 0 Å². The molecule has 0 bridgehead atoms. The summed E-state index contributed by atoms with van der Waals surface area (Å²) in [6.07, 6.45) is 5.50. The zero-order valence-corrected chi connectivity index (χ0v) is 10.4. The Bertz CT molecular complexity index is 171. The van der Waals surface area contributed by atoms with E-state index >= 15 is 0 Å². The molecule has 2 atom stereocenters. The van der Waals surface area contributed by atoms with E-state index in [1.54, 1.807) is 0 Å². The lowest BCUT2D eigenvalue weighted by atomic mass is 9.99. The van der Waals surface area contributed by atoms with Crippen LogP contribution in [0.15, 0.2) is 0 Å². The Morgan fingerprint density at radius 3 is 2.40 bits per heavy atom. The molecule has 2 unspecified atom stereocenters. The Morgan fingerprint density at radius 2 is 1.93 bits per heavy atom. The molecule has 15 heavy (non-hydrogen) atoms. The second-order valence-corrected chi connectivity index (χ2v) is 4.18. The highest BCUT2D eigenvalue weighted by atomic mass is 16.2. The van der Waals surface area contributed by atoms with Crippen molar-refractivity contribution in [3.8, 4) is 0 Å². The molecule has 0 heterocycles. The molecular formula is C12H26N2O. The van der Waals surface area contributed by atoms with Gasteiger partial charge in [-0.15, -0.1) is 0 Å². The second-order valence-electron chi connectivity index (χ2n) is 4.18. The first-order chi connectivity index (χ1) is 7.15. The van der Waals surface area contributed by atoms with Crippen LogP contribution in [0.5, 0.6) is 0 Å². The lowest BCUT2D eigenvalue weighted by Gasteiger charge is -2.16. The lowest BCUT2D eigenvalue weighted by Crippen LogP contribution is -2.41. The van der Waals surface area contributed by atoms with Gasteiger partial charge >= 0.3 is 0 Å². The second kappa shape index (κ2) is 8.72. The molecule has 3 heteroatoms. The SMILES string of the molecule is CCCCC(CC)CNC(=O)C(N)CC. The number of nitrogens with two attached hydrogens (primary N) is 1. The van der Waals surface area contributed by atoms with Crippen molar-refractivity contribution in [2.75, 3.05) is 6.54 Å². The number of carbonyl (C=O) groups excluding carboxylic acids is 1. The molecule has 0 fully saturated rings. The van der Waals surface area contributed by atoms with Crippen LogP contribution < -0.4 is 11.1 Å². The van der Waals surface area contributed by atoms with E-state index in [-0.39, 0.29) is 11.9 Å². The normalized spacial score (nSPS) is 14.7. The molecule has 3 nitrogen and oxygen atoms in total. The zero-order chi connectivity index (χ0) is 11.7. The minimum Gasteiger partial charge on any atom is -0.354 e. The molecule has 0 radical (unpaired) electrons.